The topological polar surface area (TPSA) is 61.5 Å². The van der Waals surface area contributed by atoms with Crippen LogP contribution in [0.3, 0.4) is 0 Å². The molecule has 17 heavy (non-hydrogen) atoms. The van der Waals surface area contributed by atoms with Crippen LogP contribution in [0.25, 0.3) is 0 Å². The van der Waals surface area contributed by atoms with Gasteiger partial charge in [-0.05, 0) is 24.1 Å². The molecular formula is C13H17NO3. The Balaban J connectivity index is 2.99. The van der Waals surface area contributed by atoms with Crippen LogP contribution in [-0.2, 0) is 4.79 Å². The molecule has 0 amide bonds. The summed E-state index contributed by atoms with van der Waals surface area (Å²) >= 11 is 0. The van der Waals surface area contributed by atoms with E-state index in [0.29, 0.717) is 17.9 Å². The summed E-state index contributed by atoms with van der Waals surface area (Å²) in [5, 5.41) is 0. The molecule has 0 spiro atoms. The molecule has 0 aliphatic heterocycles. The maximum atomic E-state index is 10.9. The first-order valence-electron chi connectivity index (χ1n) is 5.31. The lowest BCUT2D eigenvalue weighted by molar-refractivity contribution is -0.132. The average Bonchev–Trinajstić information content (AvgIpc) is 2.29. The lowest BCUT2D eigenvalue weighted by Gasteiger charge is -2.13. The highest BCUT2D eigenvalue weighted by Gasteiger charge is 2.11. The molecular weight excluding hydrogens is 218 g/mol. The molecule has 0 radical (unpaired) electrons. The molecule has 4 nitrogen and oxygen atoms in total. The van der Waals surface area contributed by atoms with Crippen LogP contribution in [0, 0.1) is 0 Å². The molecule has 0 saturated heterocycles. The Morgan fingerprint density at radius 3 is 2.76 bits per heavy atom. The third-order valence-corrected chi connectivity index (χ3v) is 2.29. The molecule has 0 unspecified atom stereocenters. The third kappa shape index (κ3) is 3.60. The minimum Gasteiger partial charge on any atom is -0.493 e. The normalized spacial score (nSPS) is 11.7. The molecule has 0 saturated carbocycles. The summed E-state index contributed by atoms with van der Waals surface area (Å²) in [5.74, 6) is 0.512. The molecule has 1 aromatic carbocycles. The van der Waals surface area contributed by atoms with Crippen LogP contribution in [0.1, 0.15) is 24.9 Å². The zero-order chi connectivity index (χ0) is 12.8. The highest BCUT2D eigenvalue weighted by molar-refractivity contribution is 5.70. The number of benzene rings is 1. The van der Waals surface area contributed by atoms with E-state index in [0.717, 1.165) is 5.56 Å². The number of ether oxygens (including phenoxy) is 2. The molecule has 92 valence electrons. The van der Waals surface area contributed by atoms with Gasteiger partial charge in [0.2, 0.25) is 0 Å². The first kappa shape index (κ1) is 13.3. The molecule has 0 heterocycles. The van der Waals surface area contributed by atoms with Crippen molar-refractivity contribution in [1.29, 1.82) is 0 Å². The predicted molar refractivity (Wildman–Crippen MR) is 66.0 cm³/mol. The number of hydrogen-bond donors (Lipinski definition) is 1. The minimum absolute atomic E-state index is 0.132. The zero-order valence-corrected chi connectivity index (χ0v) is 10.1. The van der Waals surface area contributed by atoms with Gasteiger partial charge in [-0.15, -0.1) is 6.58 Å². The lowest BCUT2D eigenvalue weighted by Crippen LogP contribution is -2.10. The summed E-state index contributed by atoms with van der Waals surface area (Å²) in [6.45, 7) is 4.99. The number of carbonyl (C=O) groups excluding carboxylic acids is 1. The van der Waals surface area contributed by atoms with Crippen molar-refractivity contribution in [2.75, 3.05) is 7.11 Å². The summed E-state index contributed by atoms with van der Waals surface area (Å²) in [5.41, 5.74) is 6.86. The Labute approximate surface area is 101 Å². The van der Waals surface area contributed by atoms with Gasteiger partial charge >= 0.3 is 5.97 Å². The Bertz CT molecular complexity index is 415. The number of carbonyl (C=O) groups is 1. The van der Waals surface area contributed by atoms with Crippen molar-refractivity contribution in [3.8, 4) is 11.5 Å². The van der Waals surface area contributed by atoms with E-state index in [1.54, 1.807) is 18.2 Å². The summed E-state index contributed by atoms with van der Waals surface area (Å²) in [6, 6.07) is 5.13. The fraction of sp³-hybridized carbons (Fsp3) is 0.308. The molecule has 0 aliphatic rings. The zero-order valence-electron chi connectivity index (χ0n) is 10.1. The van der Waals surface area contributed by atoms with Gasteiger partial charge in [0.1, 0.15) is 0 Å². The second-order valence-corrected chi connectivity index (χ2v) is 3.63. The van der Waals surface area contributed by atoms with E-state index in [4.69, 9.17) is 15.2 Å². The van der Waals surface area contributed by atoms with E-state index in [9.17, 15) is 4.79 Å². The molecule has 0 bridgehead atoms. The van der Waals surface area contributed by atoms with Crippen LogP contribution in [0.15, 0.2) is 30.9 Å². The van der Waals surface area contributed by atoms with Gasteiger partial charge in [-0.1, -0.05) is 12.1 Å². The summed E-state index contributed by atoms with van der Waals surface area (Å²) in [4.78, 5) is 10.9. The van der Waals surface area contributed by atoms with Gasteiger partial charge in [-0.2, -0.15) is 0 Å². The number of nitrogens with two attached hydrogens (primary N) is 1. The molecule has 0 aromatic heterocycles. The van der Waals surface area contributed by atoms with Gasteiger partial charge < -0.3 is 15.2 Å². The van der Waals surface area contributed by atoms with E-state index >= 15 is 0 Å². The van der Waals surface area contributed by atoms with Gasteiger partial charge in [0.05, 0.1) is 7.11 Å². The van der Waals surface area contributed by atoms with Gasteiger partial charge in [0.25, 0.3) is 0 Å². The van der Waals surface area contributed by atoms with Crippen LogP contribution >= 0.6 is 0 Å². The molecule has 1 atom stereocenters. The lowest BCUT2D eigenvalue weighted by atomic mass is 10.0. The monoisotopic (exact) mass is 235 g/mol. The molecule has 1 rings (SSSR count). The Morgan fingerprint density at radius 1 is 1.53 bits per heavy atom. The highest BCUT2D eigenvalue weighted by atomic mass is 16.6. The van der Waals surface area contributed by atoms with Crippen LogP contribution in [-0.4, -0.2) is 13.1 Å². The van der Waals surface area contributed by atoms with Crippen LogP contribution in [0.2, 0.25) is 0 Å². The molecule has 0 fully saturated rings. The largest absolute Gasteiger partial charge is 0.493 e. The van der Waals surface area contributed by atoms with Crippen molar-refractivity contribution in [2.24, 2.45) is 5.73 Å². The average molecular weight is 235 g/mol. The summed E-state index contributed by atoms with van der Waals surface area (Å²) < 4.78 is 10.2. The molecule has 2 N–H and O–H groups in total. The van der Waals surface area contributed by atoms with Gasteiger partial charge in [0.15, 0.2) is 11.5 Å². The minimum atomic E-state index is -0.383. The fourth-order valence-electron chi connectivity index (χ4n) is 1.47. The van der Waals surface area contributed by atoms with Crippen LogP contribution in [0.5, 0.6) is 11.5 Å². The van der Waals surface area contributed by atoms with Crippen molar-refractivity contribution in [3.05, 3.63) is 36.4 Å². The standard InChI is InChI=1S/C13H17NO3/c1-4-5-11(14)10-6-7-12(17-9(2)15)13(8-10)16-3/h4,6-8,11H,1,5,14H2,2-3H3/t11-/m0/s1. The Kier molecular flexibility index (Phi) is 4.72. The van der Waals surface area contributed by atoms with Crippen LogP contribution < -0.4 is 15.2 Å². The van der Waals surface area contributed by atoms with E-state index in [1.165, 1.54) is 14.0 Å². The number of esters is 1. The Morgan fingerprint density at radius 2 is 2.24 bits per heavy atom. The van der Waals surface area contributed by atoms with Crippen molar-refractivity contribution in [2.45, 2.75) is 19.4 Å². The molecule has 4 heteroatoms. The number of rotatable bonds is 5. The third-order valence-electron chi connectivity index (χ3n) is 2.29. The highest BCUT2D eigenvalue weighted by Crippen LogP contribution is 2.30. The number of methoxy groups -OCH3 is 1. The molecule has 0 aliphatic carbocycles. The fourth-order valence-corrected chi connectivity index (χ4v) is 1.47. The summed E-state index contributed by atoms with van der Waals surface area (Å²) in [7, 11) is 1.52. The van der Waals surface area contributed by atoms with Crippen molar-refractivity contribution in [1.82, 2.24) is 0 Å². The first-order valence-corrected chi connectivity index (χ1v) is 5.31. The summed E-state index contributed by atoms with van der Waals surface area (Å²) in [6.07, 6.45) is 2.44. The maximum Gasteiger partial charge on any atom is 0.308 e. The second kappa shape index (κ2) is 6.06. The van der Waals surface area contributed by atoms with Gasteiger partial charge in [-0.3, -0.25) is 4.79 Å². The van der Waals surface area contributed by atoms with Crippen molar-refractivity contribution >= 4 is 5.97 Å². The second-order valence-electron chi connectivity index (χ2n) is 3.63. The van der Waals surface area contributed by atoms with E-state index in [2.05, 4.69) is 6.58 Å². The first-order chi connectivity index (χ1) is 8.08. The smallest absolute Gasteiger partial charge is 0.308 e. The van der Waals surface area contributed by atoms with E-state index in [-0.39, 0.29) is 12.0 Å². The Hall–Kier alpha value is -1.81. The van der Waals surface area contributed by atoms with Crippen molar-refractivity contribution < 1.29 is 14.3 Å². The van der Waals surface area contributed by atoms with E-state index in [1.807, 2.05) is 6.07 Å². The molecule has 1 aromatic rings. The maximum absolute atomic E-state index is 10.9. The number of hydrogen-bond acceptors (Lipinski definition) is 4. The SMILES string of the molecule is C=CC[C@H](N)c1ccc(OC(C)=O)c(OC)c1. The van der Waals surface area contributed by atoms with Crippen LogP contribution in [0.4, 0.5) is 0 Å². The van der Waals surface area contributed by atoms with Gasteiger partial charge in [0, 0.05) is 13.0 Å². The predicted octanol–water partition coefficient (Wildman–Crippen LogP) is 2.20. The van der Waals surface area contributed by atoms with E-state index < -0.39 is 0 Å². The van der Waals surface area contributed by atoms with Gasteiger partial charge in [-0.25, -0.2) is 0 Å². The quantitative estimate of drug-likeness (QED) is 0.483. The van der Waals surface area contributed by atoms with Crippen molar-refractivity contribution in [3.63, 3.8) is 0 Å².